The summed E-state index contributed by atoms with van der Waals surface area (Å²) in [6.07, 6.45) is 9.58. The Morgan fingerprint density at radius 1 is 1.18 bits per heavy atom. The van der Waals surface area contributed by atoms with E-state index in [1.54, 1.807) is 24.5 Å². The molecule has 0 atom stereocenters. The summed E-state index contributed by atoms with van der Waals surface area (Å²) in [5.74, 6) is 0.989. The molecule has 1 aliphatic heterocycles. The standard InChI is InChI=1S/C18H22N6O.C3H6/c1-3-17(23-22-13(2)24-8-6-19-7-9-24)16-5-4-14(10-18(16)25)15-11-20-21-12-15;1-2-3-1/h3-5,10-12,19,25H,1,6-9H2,2H3,(H,20,21);1-3H2/b22-13+,23-17+;. The van der Waals surface area contributed by atoms with Gasteiger partial charge in [-0.2, -0.15) is 5.10 Å². The van der Waals surface area contributed by atoms with E-state index in [0.717, 1.165) is 43.1 Å². The average molecular weight is 380 g/mol. The van der Waals surface area contributed by atoms with Gasteiger partial charge >= 0.3 is 0 Å². The first-order valence-electron chi connectivity index (χ1n) is 9.72. The summed E-state index contributed by atoms with van der Waals surface area (Å²) < 4.78 is 0. The van der Waals surface area contributed by atoms with Crippen molar-refractivity contribution in [3.8, 4) is 16.9 Å². The van der Waals surface area contributed by atoms with Crippen LogP contribution in [0.3, 0.4) is 0 Å². The van der Waals surface area contributed by atoms with Crippen molar-refractivity contribution >= 4 is 11.5 Å². The number of allylic oxidation sites excluding steroid dienone is 1. The Hall–Kier alpha value is -2.93. The highest BCUT2D eigenvalue weighted by Crippen LogP contribution is 2.26. The maximum atomic E-state index is 10.4. The largest absolute Gasteiger partial charge is 0.507 e. The lowest BCUT2D eigenvalue weighted by atomic mass is 10.0. The van der Waals surface area contributed by atoms with Gasteiger partial charge < -0.3 is 15.3 Å². The Labute approximate surface area is 165 Å². The molecule has 2 aliphatic rings. The molecule has 28 heavy (non-hydrogen) atoms. The maximum absolute atomic E-state index is 10.4. The number of phenolic OH excluding ortho intramolecular Hbond substituents is 1. The van der Waals surface area contributed by atoms with Crippen molar-refractivity contribution in [1.29, 1.82) is 0 Å². The molecule has 4 rings (SSSR count). The average Bonchev–Trinajstić information content (AvgIpc) is 3.52. The zero-order chi connectivity index (χ0) is 19.8. The van der Waals surface area contributed by atoms with Crippen LogP contribution in [-0.4, -0.2) is 57.9 Å². The van der Waals surface area contributed by atoms with Crippen LogP contribution in [0.5, 0.6) is 5.75 Å². The van der Waals surface area contributed by atoms with Crippen LogP contribution in [0.15, 0.2) is 53.5 Å². The van der Waals surface area contributed by atoms with E-state index in [4.69, 9.17) is 0 Å². The highest BCUT2D eigenvalue weighted by atomic mass is 16.3. The van der Waals surface area contributed by atoms with Crippen molar-refractivity contribution < 1.29 is 5.11 Å². The molecule has 0 amide bonds. The third kappa shape index (κ3) is 5.53. The molecule has 3 N–H and O–H groups in total. The number of nitrogens with one attached hydrogen (secondary N) is 2. The van der Waals surface area contributed by atoms with E-state index < -0.39 is 0 Å². The van der Waals surface area contributed by atoms with E-state index in [1.807, 2.05) is 19.1 Å². The normalized spacial score (nSPS) is 17.0. The molecular weight excluding hydrogens is 352 g/mol. The number of nitrogens with zero attached hydrogens (tertiary/aromatic N) is 4. The van der Waals surface area contributed by atoms with E-state index >= 15 is 0 Å². The third-order valence-corrected chi connectivity index (χ3v) is 4.53. The van der Waals surface area contributed by atoms with E-state index in [-0.39, 0.29) is 5.75 Å². The number of phenols is 1. The Bertz CT molecular complexity index is 830. The van der Waals surface area contributed by atoms with Gasteiger partial charge in [0.2, 0.25) is 0 Å². The molecule has 1 saturated heterocycles. The van der Waals surface area contributed by atoms with E-state index in [2.05, 4.69) is 37.2 Å². The molecule has 1 aliphatic carbocycles. The van der Waals surface area contributed by atoms with Gasteiger partial charge in [0.15, 0.2) is 0 Å². The topological polar surface area (TPSA) is 88.9 Å². The van der Waals surface area contributed by atoms with E-state index in [9.17, 15) is 5.11 Å². The summed E-state index contributed by atoms with van der Waals surface area (Å²) in [7, 11) is 0. The van der Waals surface area contributed by atoms with Crippen LogP contribution in [0.2, 0.25) is 0 Å². The predicted octanol–water partition coefficient (Wildman–Crippen LogP) is 3.17. The SMILES string of the molecule is C1CC1.C=C/C(=N\N=C(/C)N1CCNCC1)c1ccc(-c2cn[nH]c2)cc1O. The Balaban J connectivity index is 0.000000684. The van der Waals surface area contributed by atoms with Gasteiger partial charge in [0.05, 0.1) is 11.9 Å². The molecule has 0 bridgehead atoms. The van der Waals surface area contributed by atoms with Crippen LogP contribution in [0.4, 0.5) is 0 Å². The lowest BCUT2D eigenvalue weighted by molar-refractivity contribution is 0.355. The smallest absolute Gasteiger partial charge is 0.125 e. The number of H-pyrrole nitrogens is 1. The number of hydrogen-bond donors (Lipinski definition) is 3. The molecule has 2 heterocycles. The summed E-state index contributed by atoms with van der Waals surface area (Å²) in [6.45, 7) is 9.46. The second-order valence-electron chi connectivity index (χ2n) is 6.85. The highest BCUT2D eigenvalue weighted by molar-refractivity contribution is 6.10. The molecule has 0 unspecified atom stereocenters. The molecule has 1 aromatic heterocycles. The first-order chi connectivity index (χ1) is 13.7. The van der Waals surface area contributed by atoms with E-state index in [1.165, 1.54) is 19.3 Å². The first kappa shape index (κ1) is 19.8. The monoisotopic (exact) mass is 380 g/mol. The molecule has 2 aromatic rings. The molecule has 7 heteroatoms. The Kier molecular flexibility index (Phi) is 6.97. The van der Waals surface area contributed by atoms with Crippen LogP contribution in [0.1, 0.15) is 31.7 Å². The molecule has 148 valence electrons. The number of aromatic hydroxyl groups is 1. The minimum atomic E-state index is 0.132. The summed E-state index contributed by atoms with van der Waals surface area (Å²) >= 11 is 0. The van der Waals surface area contributed by atoms with Gasteiger partial charge in [-0.15, -0.1) is 10.2 Å². The zero-order valence-corrected chi connectivity index (χ0v) is 16.4. The lowest BCUT2D eigenvalue weighted by Gasteiger charge is -2.28. The Morgan fingerprint density at radius 3 is 2.50 bits per heavy atom. The second kappa shape index (κ2) is 9.85. The van der Waals surface area contributed by atoms with Gasteiger partial charge in [-0.3, -0.25) is 5.10 Å². The molecular formula is C21H28N6O. The zero-order valence-electron chi connectivity index (χ0n) is 16.4. The fourth-order valence-corrected chi connectivity index (χ4v) is 2.72. The molecule has 1 aromatic carbocycles. The number of amidine groups is 1. The first-order valence-corrected chi connectivity index (χ1v) is 9.72. The summed E-state index contributed by atoms with van der Waals surface area (Å²) in [5.41, 5.74) is 2.91. The van der Waals surface area contributed by atoms with Crippen LogP contribution in [0.25, 0.3) is 11.1 Å². The minimum absolute atomic E-state index is 0.132. The van der Waals surface area contributed by atoms with Crippen LogP contribution >= 0.6 is 0 Å². The molecule has 2 fully saturated rings. The number of aromatic nitrogens is 2. The predicted molar refractivity (Wildman–Crippen MR) is 114 cm³/mol. The summed E-state index contributed by atoms with van der Waals surface area (Å²) in [4.78, 5) is 2.18. The number of benzene rings is 1. The fraction of sp³-hybridized carbons (Fsp3) is 0.381. The molecule has 0 spiro atoms. The van der Waals surface area contributed by atoms with Gasteiger partial charge in [-0.05, 0) is 30.7 Å². The lowest BCUT2D eigenvalue weighted by Crippen LogP contribution is -2.45. The fourth-order valence-electron chi connectivity index (χ4n) is 2.72. The van der Waals surface area contributed by atoms with Crippen LogP contribution in [-0.2, 0) is 0 Å². The van der Waals surface area contributed by atoms with Gasteiger partial charge in [0.25, 0.3) is 0 Å². The van der Waals surface area contributed by atoms with Crippen LogP contribution < -0.4 is 5.32 Å². The Morgan fingerprint density at radius 2 is 1.93 bits per heavy atom. The maximum Gasteiger partial charge on any atom is 0.125 e. The molecule has 7 nitrogen and oxygen atoms in total. The van der Waals surface area contributed by atoms with Crippen molar-refractivity contribution in [2.24, 2.45) is 10.2 Å². The second-order valence-corrected chi connectivity index (χ2v) is 6.85. The third-order valence-electron chi connectivity index (χ3n) is 4.53. The highest BCUT2D eigenvalue weighted by Gasteiger charge is 2.12. The van der Waals surface area contributed by atoms with E-state index in [0.29, 0.717) is 11.3 Å². The summed E-state index contributed by atoms with van der Waals surface area (Å²) in [6, 6.07) is 5.41. The van der Waals surface area contributed by atoms with Crippen molar-refractivity contribution in [1.82, 2.24) is 20.4 Å². The number of aromatic amines is 1. The van der Waals surface area contributed by atoms with Crippen LogP contribution in [0, 0.1) is 0 Å². The molecule has 0 radical (unpaired) electrons. The van der Waals surface area contributed by atoms with Gasteiger partial charge in [-0.25, -0.2) is 0 Å². The number of piperazine rings is 1. The molecule has 1 saturated carbocycles. The summed E-state index contributed by atoms with van der Waals surface area (Å²) in [5, 5.41) is 29.0. The number of hydrogen-bond acceptors (Lipinski definition) is 5. The van der Waals surface area contributed by atoms with Gasteiger partial charge in [0.1, 0.15) is 11.6 Å². The van der Waals surface area contributed by atoms with Crippen molar-refractivity contribution in [2.75, 3.05) is 26.2 Å². The van der Waals surface area contributed by atoms with Crippen molar-refractivity contribution in [3.63, 3.8) is 0 Å². The van der Waals surface area contributed by atoms with Gasteiger partial charge in [0, 0.05) is 43.5 Å². The van der Waals surface area contributed by atoms with Crippen molar-refractivity contribution in [2.45, 2.75) is 26.2 Å². The quantitative estimate of drug-likeness (QED) is 0.432. The minimum Gasteiger partial charge on any atom is -0.507 e. The van der Waals surface area contributed by atoms with Gasteiger partial charge in [-0.1, -0.05) is 31.9 Å². The number of rotatable bonds is 4. The van der Waals surface area contributed by atoms with Crippen molar-refractivity contribution in [3.05, 3.63) is 48.8 Å².